The van der Waals surface area contributed by atoms with Crippen molar-refractivity contribution in [2.45, 2.75) is 26.7 Å². The molecule has 2 aromatic carbocycles. The van der Waals surface area contributed by atoms with Gasteiger partial charge in [-0.05, 0) is 43.0 Å². The fraction of sp³-hybridized carbons (Fsp3) is 0.417. The van der Waals surface area contributed by atoms with E-state index in [4.69, 9.17) is 9.72 Å². The number of ether oxygens (including phenoxy) is 1. The molecule has 2 heterocycles. The summed E-state index contributed by atoms with van der Waals surface area (Å²) < 4.78 is 6.61. The second-order valence-electron chi connectivity index (χ2n) is 7.94. The van der Waals surface area contributed by atoms with Gasteiger partial charge in [-0.3, -0.25) is 14.6 Å². The molecule has 5 nitrogen and oxygen atoms in total. The number of aromatic nitrogens is 1. The van der Waals surface area contributed by atoms with Crippen molar-refractivity contribution in [3.63, 3.8) is 0 Å². The van der Waals surface area contributed by atoms with Gasteiger partial charge in [0.1, 0.15) is 0 Å². The molecule has 0 aliphatic carbocycles. The summed E-state index contributed by atoms with van der Waals surface area (Å²) in [5.41, 5.74) is 4.44. The quantitative estimate of drug-likeness (QED) is 0.571. The van der Waals surface area contributed by atoms with Crippen molar-refractivity contribution in [3.8, 4) is 0 Å². The van der Waals surface area contributed by atoms with Crippen LogP contribution in [0.4, 0.5) is 5.13 Å². The zero-order valence-corrected chi connectivity index (χ0v) is 18.6. The van der Waals surface area contributed by atoms with Crippen LogP contribution in [0.25, 0.3) is 10.2 Å². The van der Waals surface area contributed by atoms with E-state index in [2.05, 4.69) is 30.9 Å². The minimum absolute atomic E-state index is 0.108. The summed E-state index contributed by atoms with van der Waals surface area (Å²) in [7, 11) is 0. The fourth-order valence-corrected chi connectivity index (χ4v) is 5.01. The van der Waals surface area contributed by atoms with Crippen molar-refractivity contribution in [3.05, 3.63) is 59.2 Å². The number of hydrogen-bond donors (Lipinski definition) is 0. The highest BCUT2D eigenvalue weighted by Crippen LogP contribution is 2.32. The molecule has 1 aliphatic heterocycles. The molecular formula is C24H29N3O2S. The van der Waals surface area contributed by atoms with Crippen LogP contribution in [-0.2, 0) is 16.0 Å². The molecular weight excluding hydrogens is 394 g/mol. The van der Waals surface area contributed by atoms with Gasteiger partial charge >= 0.3 is 0 Å². The average molecular weight is 424 g/mol. The van der Waals surface area contributed by atoms with Gasteiger partial charge in [-0.25, -0.2) is 4.98 Å². The summed E-state index contributed by atoms with van der Waals surface area (Å²) in [5, 5.41) is 0.807. The molecule has 3 aromatic rings. The molecule has 1 fully saturated rings. The van der Waals surface area contributed by atoms with E-state index in [1.54, 1.807) is 11.3 Å². The normalized spacial score (nSPS) is 14.9. The summed E-state index contributed by atoms with van der Waals surface area (Å²) in [6, 6.07) is 14.2. The number of thiazole rings is 1. The Morgan fingerprint density at radius 3 is 2.70 bits per heavy atom. The van der Waals surface area contributed by atoms with Crippen molar-refractivity contribution >= 4 is 32.6 Å². The number of benzene rings is 2. The molecule has 30 heavy (non-hydrogen) atoms. The van der Waals surface area contributed by atoms with E-state index >= 15 is 0 Å². The van der Waals surface area contributed by atoms with Crippen molar-refractivity contribution in [1.82, 2.24) is 9.88 Å². The van der Waals surface area contributed by atoms with Gasteiger partial charge in [0.2, 0.25) is 5.91 Å². The van der Waals surface area contributed by atoms with Gasteiger partial charge in [0.15, 0.2) is 5.13 Å². The maximum atomic E-state index is 13.3. The summed E-state index contributed by atoms with van der Waals surface area (Å²) in [4.78, 5) is 22.4. The number of hydrogen-bond acceptors (Lipinski definition) is 5. The van der Waals surface area contributed by atoms with E-state index in [-0.39, 0.29) is 5.91 Å². The molecule has 0 atom stereocenters. The zero-order valence-electron chi connectivity index (χ0n) is 17.8. The zero-order chi connectivity index (χ0) is 20.9. The monoisotopic (exact) mass is 423 g/mol. The van der Waals surface area contributed by atoms with Crippen molar-refractivity contribution < 1.29 is 9.53 Å². The number of fused-ring (bicyclic) bond motifs is 1. The van der Waals surface area contributed by atoms with E-state index in [0.717, 1.165) is 55.5 Å². The average Bonchev–Trinajstić information content (AvgIpc) is 3.16. The third kappa shape index (κ3) is 5.06. The van der Waals surface area contributed by atoms with Crippen LogP contribution in [0.2, 0.25) is 0 Å². The van der Waals surface area contributed by atoms with Crippen molar-refractivity contribution in [1.29, 1.82) is 0 Å². The third-order valence-electron chi connectivity index (χ3n) is 5.50. The Kier molecular flexibility index (Phi) is 6.77. The van der Waals surface area contributed by atoms with E-state index in [1.165, 1.54) is 15.8 Å². The SMILES string of the molecule is Cc1cc(C)c2sc(N(CCCN3CCOCC3)C(=O)Cc3ccccc3)nc2c1. The Bertz CT molecular complexity index is 996. The van der Waals surface area contributed by atoms with Crippen LogP contribution in [0, 0.1) is 13.8 Å². The molecule has 158 valence electrons. The number of aryl methyl sites for hydroxylation is 2. The number of amides is 1. The van der Waals surface area contributed by atoms with E-state index < -0.39 is 0 Å². The largest absolute Gasteiger partial charge is 0.379 e. The van der Waals surface area contributed by atoms with E-state index in [0.29, 0.717) is 13.0 Å². The van der Waals surface area contributed by atoms with Gasteiger partial charge < -0.3 is 4.74 Å². The highest BCUT2D eigenvalue weighted by molar-refractivity contribution is 7.22. The lowest BCUT2D eigenvalue weighted by Gasteiger charge is -2.27. The molecule has 0 saturated carbocycles. The molecule has 0 spiro atoms. The number of rotatable bonds is 7. The highest BCUT2D eigenvalue weighted by Gasteiger charge is 2.21. The molecule has 0 N–H and O–H groups in total. The summed E-state index contributed by atoms with van der Waals surface area (Å²) in [6.07, 6.45) is 1.32. The lowest BCUT2D eigenvalue weighted by molar-refractivity contribution is -0.118. The summed E-state index contributed by atoms with van der Waals surface area (Å²) >= 11 is 1.63. The summed E-state index contributed by atoms with van der Waals surface area (Å²) in [5.74, 6) is 0.108. The van der Waals surface area contributed by atoms with Gasteiger partial charge in [0.25, 0.3) is 0 Å². The van der Waals surface area contributed by atoms with Crippen LogP contribution in [0.15, 0.2) is 42.5 Å². The van der Waals surface area contributed by atoms with Crippen molar-refractivity contribution in [2.24, 2.45) is 0 Å². The Balaban J connectivity index is 1.54. The number of anilines is 1. The van der Waals surface area contributed by atoms with Gasteiger partial charge in [-0.15, -0.1) is 0 Å². The molecule has 0 radical (unpaired) electrons. The fourth-order valence-electron chi connectivity index (χ4n) is 3.95. The van der Waals surface area contributed by atoms with Crippen LogP contribution in [-0.4, -0.2) is 55.2 Å². The molecule has 0 bridgehead atoms. The van der Waals surface area contributed by atoms with Crippen LogP contribution in [0.3, 0.4) is 0 Å². The van der Waals surface area contributed by atoms with Crippen LogP contribution < -0.4 is 4.90 Å². The molecule has 1 saturated heterocycles. The first-order valence-electron chi connectivity index (χ1n) is 10.6. The Labute approximate surface area is 182 Å². The van der Waals surface area contributed by atoms with Crippen LogP contribution in [0.5, 0.6) is 0 Å². The number of morpholine rings is 1. The maximum absolute atomic E-state index is 13.3. The van der Waals surface area contributed by atoms with Gasteiger partial charge in [-0.1, -0.05) is 47.7 Å². The first-order chi connectivity index (χ1) is 14.6. The molecule has 4 rings (SSSR count). The Hall–Kier alpha value is -2.28. The second kappa shape index (κ2) is 9.69. The standard InChI is InChI=1S/C24H29N3O2S/c1-18-15-19(2)23-21(16-18)25-24(30-23)27(10-6-9-26-11-13-29-14-12-26)22(28)17-20-7-4-3-5-8-20/h3-5,7-8,15-16H,6,9-14,17H2,1-2H3. The Morgan fingerprint density at radius 1 is 1.17 bits per heavy atom. The summed E-state index contributed by atoms with van der Waals surface area (Å²) in [6.45, 7) is 9.40. The minimum Gasteiger partial charge on any atom is -0.379 e. The molecule has 1 aliphatic rings. The Morgan fingerprint density at radius 2 is 1.93 bits per heavy atom. The number of carbonyl (C=O) groups is 1. The highest BCUT2D eigenvalue weighted by atomic mass is 32.1. The van der Waals surface area contributed by atoms with Crippen LogP contribution >= 0.6 is 11.3 Å². The van der Waals surface area contributed by atoms with E-state index in [9.17, 15) is 4.79 Å². The lowest BCUT2D eigenvalue weighted by Crippen LogP contribution is -2.39. The third-order valence-corrected chi connectivity index (χ3v) is 6.73. The first kappa shape index (κ1) is 21.0. The molecule has 1 aromatic heterocycles. The lowest BCUT2D eigenvalue weighted by atomic mass is 10.1. The molecule has 0 unspecified atom stereocenters. The van der Waals surface area contributed by atoms with E-state index in [1.807, 2.05) is 35.2 Å². The maximum Gasteiger partial charge on any atom is 0.233 e. The van der Waals surface area contributed by atoms with Gasteiger partial charge in [0.05, 0.1) is 29.9 Å². The number of carbonyl (C=O) groups excluding carboxylic acids is 1. The smallest absolute Gasteiger partial charge is 0.233 e. The van der Waals surface area contributed by atoms with Crippen LogP contribution in [0.1, 0.15) is 23.1 Å². The van der Waals surface area contributed by atoms with Gasteiger partial charge in [-0.2, -0.15) is 0 Å². The second-order valence-corrected chi connectivity index (χ2v) is 8.92. The number of nitrogens with zero attached hydrogens (tertiary/aromatic N) is 3. The molecule has 6 heteroatoms. The first-order valence-corrected chi connectivity index (χ1v) is 11.4. The minimum atomic E-state index is 0.108. The van der Waals surface area contributed by atoms with Crippen molar-refractivity contribution in [2.75, 3.05) is 44.3 Å². The van der Waals surface area contributed by atoms with Gasteiger partial charge in [0, 0.05) is 26.2 Å². The topological polar surface area (TPSA) is 45.7 Å². The predicted octanol–water partition coefficient (Wildman–Crippen LogP) is 4.21. The molecule has 1 amide bonds. The predicted molar refractivity (Wildman–Crippen MR) is 123 cm³/mol.